The van der Waals surface area contributed by atoms with E-state index in [2.05, 4.69) is 110 Å². The van der Waals surface area contributed by atoms with Crippen LogP contribution in [0, 0.1) is 0 Å². The summed E-state index contributed by atoms with van der Waals surface area (Å²) in [5.41, 5.74) is 6.33. The van der Waals surface area contributed by atoms with Crippen molar-refractivity contribution in [3.8, 4) is 0 Å². The standard InChI is InChI=1S/C29H39N3O/c1-6-30-21-25(19-23-11-15-27(16-12-23)31(7-2)8-3)29(33)26(22-30)20-24-13-17-28(18-14-24)32(9-4)10-5/h11-20H,6-10,21-22H2,1-5H3/b25-19-,26-20+. The Kier molecular flexibility index (Phi) is 8.90. The van der Waals surface area contributed by atoms with Crippen molar-refractivity contribution in [2.75, 3.05) is 55.6 Å². The Bertz CT molecular complexity index is 887. The lowest BCUT2D eigenvalue weighted by Crippen LogP contribution is -2.37. The molecule has 0 saturated carbocycles. The highest BCUT2D eigenvalue weighted by molar-refractivity contribution is 6.14. The Morgan fingerprint density at radius 1 is 0.667 bits per heavy atom. The third-order valence-corrected chi connectivity index (χ3v) is 6.54. The van der Waals surface area contributed by atoms with Gasteiger partial charge in [-0.15, -0.1) is 0 Å². The van der Waals surface area contributed by atoms with Crippen LogP contribution in [0.5, 0.6) is 0 Å². The number of anilines is 2. The molecule has 1 fully saturated rings. The third-order valence-electron chi connectivity index (χ3n) is 6.54. The van der Waals surface area contributed by atoms with Gasteiger partial charge in [0.05, 0.1) is 0 Å². The fraction of sp³-hybridized carbons (Fsp3) is 0.414. The van der Waals surface area contributed by atoms with Gasteiger partial charge in [0.25, 0.3) is 0 Å². The van der Waals surface area contributed by atoms with Crippen molar-refractivity contribution in [3.05, 3.63) is 70.8 Å². The minimum Gasteiger partial charge on any atom is -0.372 e. The zero-order valence-electron chi connectivity index (χ0n) is 21.0. The van der Waals surface area contributed by atoms with E-state index in [1.54, 1.807) is 0 Å². The van der Waals surface area contributed by atoms with Crippen LogP contribution in [0.2, 0.25) is 0 Å². The average Bonchev–Trinajstić information content (AvgIpc) is 2.85. The second-order valence-corrected chi connectivity index (χ2v) is 8.50. The number of hydrogen-bond donors (Lipinski definition) is 0. The van der Waals surface area contributed by atoms with E-state index in [1.807, 2.05) is 0 Å². The van der Waals surface area contributed by atoms with E-state index >= 15 is 0 Å². The lowest BCUT2D eigenvalue weighted by atomic mass is 9.94. The maximum atomic E-state index is 13.4. The van der Waals surface area contributed by atoms with Crippen molar-refractivity contribution >= 4 is 29.3 Å². The van der Waals surface area contributed by atoms with Crippen LogP contribution in [-0.4, -0.2) is 56.5 Å². The first kappa shape index (κ1) is 24.8. The molecule has 3 rings (SSSR count). The maximum Gasteiger partial charge on any atom is 0.187 e. The minimum absolute atomic E-state index is 0.167. The first-order valence-electron chi connectivity index (χ1n) is 12.4. The molecule has 0 aliphatic carbocycles. The van der Waals surface area contributed by atoms with Gasteiger partial charge in [0.15, 0.2) is 5.78 Å². The van der Waals surface area contributed by atoms with Gasteiger partial charge in [-0.3, -0.25) is 9.69 Å². The van der Waals surface area contributed by atoms with Gasteiger partial charge < -0.3 is 9.80 Å². The number of carbonyl (C=O) groups is 1. The van der Waals surface area contributed by atoms with Crippen LogP contribution in [0.3, 0.4) is 0 Å². The summed E-state index contributed by atoms with van der Waals surface area (Å²) in [6, 6.07) is 17.1. The number of piperidine rings is 1. The van der Waals surface area contributed by atoms with Gasteiger partial charge in [0.2, 0.25) is 0 Å². The Morgan fingerprint density at radius 2 is 1.03 bits per heavy atom. The normalized spacial score (nSPS) is 17.1. The molecular formula is C29H39N3O. The van der Waals surface area contributed by atoms with Crippen molar-refractivity contribution in [3.63, 3.8) is 0 Å². The summed E-state index contributed by atoms with van der Waals surface area (Å²) in [5.74, 6) is 0.167. The summed E-state index contributed by atoms with van der Waals surface area (Å²) in [5, 5.41) is 0. The topological polar surface area (TPSA) is 26.8 Å². The molecule has 0 radical (unpaired) electrons. The molecule has 0 amide bonds. The lowest BCUT2D eigenvalue weighted by Gasteiger charge is -2.28. The molecule has 1 aliphatic rings. The fourth-order valence-corrected chi connectivity index (χ4v) is 4.48. The molecule has 176 valence electrons. The smallest absolute Gasteiger partial charge is 0.187 e. The summed E-state index contributed by atoms with van der Waals surface area (Å²) in [4.78, 5) is 20.3. The molecule has 0 bridgehead atoms. The quantitative estimate of drug-likeness (QED) is 0.459. The molecule has 4 heteroatoms. The Balaban J connectivity index is 1.84. The lowest BCUT2D eigenvalue weighted by molar-refractivity contribution is -0.113. The molecule has 1 heterocycles. The molecule has 0 aromatic heterocycles. The molecule has 1 saturated heterocycles. The first-order chi connectivity index (χ1) is 16.0. The fourth-order valence-electron chi connectivity index (χ4n) is 4.48. The predicted molar refractivity (Wildman–Crippen MR) is 143 cm³/mol. The van der Waals surface area contributed by atoms with Gasteiger partial charge >= 0.3 is 0 Å². The second-order valence-electron chi connectivity index (χ2n) is 8.50. The van der Waals surface area contributed by atoms with E-state index in [9.17, 15) is 4.79 Å². The molecule has 0 unspecified atom stereocenters. The van der Waals surface area contributed by atoms with E-state index in [4.69, 9.17) is 0 Å². The van der Waals surface area contributed by atoms with Crippen molar-refractivity contribution in [2.24, 2.45) is 0 Å². The highest BCUT2D eigenvalue weighted by Crippen LogP contribution is 2.24. The number of Topliss-reactive ketones (excluding diaryl/α,β-unsaturated/α-hetero) is 1. The monoisotopic (exact) mass is 445 g/mol. The zero-order chi connectivity index (χ0) is 23.8. The minimum atomic E-state index is 0.167. The SMILES string of the molecule is CCN1C/C(=C/c2ccc(N(CC)CC)cc2)C(=O)/C(=C/c2ccc(N(CC)CC)cc2)C1. The maximum absolute atomic E-state index is 13.4. The van der Waals surface area contributed by atoms with E-state index in [0.717, 1.165) is 55.0 Å². The van der Waals surface area contributed by atoms with Crippen molar-refractivity contribution in [2.45, 2.75) is 34.6 Å². The first-order valence-corrected chi connectivity index (χ1v) is 12.4. The largest absolute Gasteiger partial charge is 0.372 e. The van der Waals surface area contributed by atoms with Crippen LogP contribution in [0.25, 0.3) is 12.2 Å². The number of ketones is 1. The molecule has 2 aromatic carbocycles. The zero-order valence-corrected chi connectivity index (χ0v) is 21.0. The third kappa shape index (κ3) is 6.14. The number of hydrogen-bond acceptors (Lipinski definition) is 4. The van der Waals surface area contributed by atoms with Gasteiger partial charge in [0, 0.05) is 61.8 Å². The average molecular weight is 446 g/mol. The van der Waals surface area contributed by atoms with Gasteiger partial charge in [-0.05, 0) is 81.8 Å². The van der Waals surface area contributed by atoms with Crippen molar-refractivity contribution in [1.82, 2.24) is 4.90 Å². The molecule has 0 spiro atoms. The molecule has 0 N–H and O–H groups in total. The van der Waals surface area contributed by atoms with Crippen LogP contribution >= 0.6 is 0 Å². The van der Waals surface area contributed by atoms with Crippen LogP contribution in [-0.2, 0) is 4.79 Å². The van der Waals surface area contributed by atoms with Gasteiger partial charge in [0.1, 0.15) is 0 Å². The molecule has 33 heavy (non-hydrogen) atoms. The number of benzene rings is 2. The molecule has 1 aliphatic heterocycles. The Hall–Kier alpha value is -2.85. The summed E-state index contributed by atoms with van der Waals surface area (Å²) >= 11 is 0. The molecular weight excluding hydrogens is 406 g/mol. The number of carbonyl (C=O) groups excluding carboxylic acids is 1. The van der Waals surface area contributed by atoms with E-state index < -0.39 is 0 Å². The molecule has 0 atom stereocenters. The molecule has 4 nitrogen and oxygen atoms in total. The van der Waals surface area contributed by atoms with E-state index in [0.29, 0.717) is 13.1 Å². The summed E-state index contributed by atoms with van der Waals surface area (Å²) in [6.07, 6.45) is 4.13. The molecule has 2 aromatic rings. The van der Waals surface area contributed by atoms with Crippen molar-refractivity contribution < 1.29 is 4.79 Å². The number of likely N-dealkylation sites (N-methyl/N-ethyl adjacent to an activating group) is 1. The van der Waals surface area contributed by atoms with Crippen LogP contribution in [0.4, 0.5) is 11.4 Å². The summed E-state index contributed by atoms with van der Waals surface area (Å²) in [7, 11) is 0. The van der Waals surface area contributed by atoms with Gasteiger partial charge in [-0.25, -0.2) is 0 Å². The highest BCUT2D eigenvalue weighted by atomic mass is 16.1. The van der Waals surface area contributed by atoms with E-state index in [-0.39, 0.29) is 5.78 Å². The second kappa shape index (κ2) is 11.9. The van der Waals surface area contributed by atoms with Crippen LogP contribution in [0.15, 0.2) is 59.7 Å². The summed E-state index contributed by atoms with van der Waals surface area (Å²) in [6.45, 7) is 17.1. The highest BCUT2D eigenvalue weighted by Gasteiger charge is 2.25. The van der Waals surface area contributed by atoms with Gasteiger partial charge in [-0.1, -0.05) is 31.2 Å². The van der Waals surface area contributed by atoms with Gasteiger partial charge in [-0.2, -0.15) is 0 Å². The number of nitrogens with zero attached hydrogens (tertiary/aromatic N) is 3. The predicted octanol–water partition coefficient (Wildman–Crippen LogP) is 5.75. The van der Waals surface area contributed by atoms with Crippen LogP contribution in [0.1, 0.15) is 45.7 Å². The Morgan fingerprint density at radius 3 is 1.33 bits per heavy atom. The van der Waals surface area contributed by atoms with Crippen molar-refractivity contribution in [1.29, 1.82) is 0 Å². The number of likely N-dealkylation sites (tertiary alicyclic amines) is 1. The Labute approximate surface area is 200 Å². The summed E-state index contributed by atoms with van der Waals surface area (Å²) < 4.78 is 0. The number of rotatable bonds is 9. The van der Waals surface area contributed by atoms with Crippen LogP contribution < -0.4 is 9.80 Å². The van der Waals surface area contributed by atoms with E-state index in [1.165, 1.54) is 11.4 Å².